The Morgan fingerprint density at radius 3 is 2.76 bits per heavy atom. The molecule has 0 fully saturated rings. The Labute approximate surface area is 104 Å². The van der Waals surface area contributed by atoms with E-state index in [4.69, 9.17) is 10.5 Å². The summed E-state index contributed by atoms with van der Waals surface area (Å²) >= 11 is 0. The molecule has 3 heteroatoms. The van der Waals surface area contributed by atoms with E-state index in [1.165, 1.54) is 5.56 Å². The molecule has 0 heterocycles. The van der Waals surface area contributed by atoms with Crippen LogP contribution in [0.1, 0.15) is 31.7 Å². The number of benzene rings is 1. The molecule has 1 aromatic rings. The molecule has 0 spiro atoms. The number of hydrogen-bond donors (Lipinski definition) is 2. The van der Waals surface area contributed by atoms with Gasteiger partial charge in [0.2, 0.25) is 0 Å². The lowest BCUT2D eigenvalue weighted by atomic mass is 10.00. The fourth-order valence-electron chi connectivity index (χ4n) is 1.61. The van der Waals surface area contributed by atoms with Gasteiger partial charge in [-0.15, -0.1) is 0 Å². The molecule has 0 saturated heterocycles. The van der Waals surface area contributed by atoms with Gasteiger partial charge in [-0.2, -0.15) is 0 Å². The maximum atomic E-state index is 9.71. The molecule has 0 aromatic heterocycles. The van der Waals surface area contributed by atoms with Gasteiger partial charge in [-0.3, -0.25) is 0 Å². The second kappa shape index (κ2) is 6.62. The molecular weight excluding hydrogens is 214 g/mol. The van der Waals surface area contributed by atoms with Gasteiger partial charge in [0.25, 0.3) is 0 Å². The number of unbranched alkanes of at least 4 members (excludes halogenated alkanes) is 1. The predicted octanol–water partition coefficient (Wildman–Crippen LogP) is 2.25. The molecule has 0 aliphatic rings. The van der Waals surface area contributed by atoms with Gasteiger partial charge in [-0.05, 0) is 50.8 Å². The second-order valence-electron chi connectivity index (χ2n) is 4.82. The topological polar surface area (TPSA) is 55.5 Å². The van der Waals surface area contributed by atoms with E-state index in [1.807, 2.05) is 31.2 Å². The van der Waals surface area contributed by atoms with Gasteiger partial charge in [0, 0.05) is 6.54 Å². The van der Waals surface area contributed by atoms with Crippen LogP contribution in [-0.2, 0) is 0 Å². The summed E-state index contributed by atoms with van der Waals surface area (Å²) in [6, 6.07) is 8.02. The summed E-state index contributed by atoms with van der Waals surface area (Å²) in [6.45, 7) is 4.82. The zero-order valence-corrected chi connectivity index (χ0v) is 10.8. The van der Waals surface area contributed by atoms with E-state index in [0.29, 0.717) is 13.2 Å². The average Bonchev–Trinajstić information content (AvgIpc) is 2.29. The minimum Gasteiger partial charge on any atom is -0.494 e. The lowest BCUT2D eigenvalue weighted by Crippen LogP contribution is -2.33. The van der Waals surface area contributed by atoms with Crippen molar-refractivity contribution in [2.45, 2.75) is 38.7 Å². The summed E-state index contributed by atoms with van der Waals surface area (Å²) in [4.78, 5) is 0. The molecule has 3 nitrogen and oxygen atoms in total. The highest BCUT2D eigenvalue weighted by Gasteiger charge is 2.16. The van der Waals surface area contributed by atoms with Crippen LogP contribution >= 0.6 is 0 Å². The number of ether oxygens (including phenoxy) is 1. The normalized spacial score (nSPS) is 14.4. The number of aliphatic hydroxyl groups is 1. The Morgan fingerprint density at radius 1 is 1.35 bits per heavy atom. The van der Waals surface area contributed by atoms with Crippen LogP contribution in [0.5, 0.6) is 5.75 Å². The molecular formula is C14H23NO2. The Hall–Kier alpha value is -1.06. The van der Waals surface area contributed by atoms with Crippen molar-refractivity contribution < 1.29 is 9.84 Å². The number of hydrogen-bond acceptors (Lipinski definition) is 3. The lowest BCUT2D eigenvalue weighted by molar-refractivity contribution is 0.0562. The predicted molar refractivity (Wildman–Crippen MR) is 70.2 cm³/mol. The highest BCUT2D eigenvalue weighted by molar-refractivity contribution is 5.27. The van der Waals surface area contributed by atoms with Crippen LogP contribution in [0, 0.1) is 6.92 Å². The first-order valence-electron chi connectivity index (χ1n) is 6.15. The number of aryl methyl sites for hydroxylation is 1. The largest absolute Gasteiger partial charge is 0.494 e. The first-order valence-corrected chi connectivity index (χ1v) is 6.15. The van der Waals surface area contributed by atoms with E-state index in [9.17, 15) is 5.11 Å². The number of rotatable bonds is 7. The smallest absolute Gasteiger partial charge is 0.119 e. The van der Waals surface area contributed by atoms with Gasteiger partial charge in [0.05, 0.1) is 12.2 Å². The van der Waals surface area contributed by atoms with Crippen molar-refractivity contribution in [3.8, 4) is 5.75 Å². The van der Waals surface area contributed by atoms with Gasteiger partial charge in [0.1, 0.15) is 5.75 Å². The van der Waals surface area contributed by atoms with Crippen molar-refractivity contribution in [2.24, 2.45) is 5.73 Å². The van der Waals surface area contributed by atoms with E-state index in [-0.39, 0.29) is 0 Å². The highest BCUT2D eigenvalue weighted by Crippen LogP contribution is 2.14. The monoisotopic (exact) mass is 237 g/mol. The summed E-state index contributed by atoms with van der Waals surface area (Å²) in [5.41, 5.74) is 5.92. The summed E-state index contributed by atoms with van der Waals surface area (Å²) in [5.74, 6) is 0.913. The maximum Gasteiger partial charge on any atom is 0.119 e. The standard InChI is InChI=1S/C14H23NO2/c1-12-6-5-7-13(10-12)17-9-4-3-8-14(2,16)11-15/h5-7,10,16H,3-4,8-9,11,15H2,1-2H3. The van der Waals surface area contributed by atoms with Crippen molar-refractivity contribution in [1.82, 2.24) is 0 Å². The number of nitrogens with two attached hydrogens (primary N) is 1. The quantitative estimate of drug-likeness (QED) is 0.715. The van der Waals surface area contributed by atoms with Crippen molar-refractivity contribution in [3.63, 3.8) is 0 Å². The van der Waals surface area contributed by atoms with Gasteiger partial charge in [-0.1, -0.05) is 12.1 Å². The van der Waals surface area contributed by atoms with E-state index < -0.39 is 5.60 Å². The molecule has 3 N–H and O–H groups in total. The molecule has 96 valence electrons. The summed E-state index contributed by atoms with van der Waals surface area (Å²) < 4.78 is 5.62. The fourth-order valence-corrected chi connectivity index (χ4v) is 1.61. The molecule has 0 amide bonds. The maximum absolute atomic E-state index is 9.71. The van der Waals surface area contributed by atoms with Crippen molar-refractivity contribution in [2.75, 3.05) is 13.2 Å². The lowest BCUT2D eigenvalue weighted by Gasteiger charge is -2.20. The molecule has 1 atom stereocenters. The summed E-state index contributed by atoms with van der Waals surface area (Å²) in [7, 11) is 0. The molecule has 0 aliphatic heterocycles. The van der Waals surface area contributed by atoms with Crippen LogP contribution < -0.4 is 10.5 Å². The summed E-state index contributed by atoms with van der Waals surface area (Å²) in [5, 5.41) is 9.71. The fraction of sp³-hybridized carbons (Fsp3) is 0.571. The van der Waals surface area contributed by atoms with Crippen LogP contribution in [0.2, 0.25) is 0 Å². The van der Waals surface area contributed by atoms with Crippen LogP contribution in [0.4, 0.5) is 0 Å². The molecule has 1 aromatic carbocycles. The van der Waals surface area contributed by atoms with E-state index in [0.717, 1.165) is 25.0 Å². The van der Waals surface area contributed by atoms with Gasteiger partial charge in [0.15, 0.2) is 0 Å². The van der Waals surface area contributed by atoms with Gasteiger partial charge >= 0.3 is 0 Å². The molecule has 0 aliphatic carbocycles. The molecule has 1 unspecified atom stereocenters. The minimum atomic E-state index is -0.733. The third kappa shape index (κ3) is 5.71. The Balaban J connectivity index is 2.17. The minimum absolute atomic E-state index is 0.311. The van der Waals surface area contributed by atoms with Gasteiger partial charge in [-0.25, -0.2) is 0 Å². The highest BCUT2D eigenvalue weighted by atomic mass is 16.5. The molecule has 0 bridgehead atoms. The first-order chi connectivity index (χ1) is 8.03. The SMILES string of the molecule is Cc1cccc(OCCCCC(C)(O)CN)c1. The van der Waals surface area contributed by atoms with Crippen LogP contribution in [-0.4, -0.2) is 23.9 Å². The van der Waals surface area contributed by atoms with E-state index >= 15 is 0 Å². The Bertz CT molecular complexity index is 337. The van der Waals surface area contributed by atoms with Crippen LogP contribution in [0.15, 0.2) is 24.3 Å². The van der Waals surface area contributed by atoms with E-state index in [2.05, 4.69) is 0 Å². The van der Waals surface area contributed by atoms with Gasteiger partial charge < -0.3 is 15.6 Å². The zero-order valence-electron chi connectivity index (χ0n) is 10.8. The van der Waals surface area contributed by atoms with Crippen molar-refractivity contribution in [3.05, 3.63) is 29.8 Å². The Kier molecular flexibility index (Phi) is 5.45. The third-order valence-electron chi connectivity index (χ3n) is 2.81. The zero-order chi connectivity index (χ0) is 12.7. The molecule has 0 saturated carbocycles. The van der Waals surface area contributed by atoms with E-state index in [1.54, 1.807) is 6.92 Å². The van der Waals surface area contributed by atoms with Crippen molar-refractivity contribution >= 4 is 0 Å². The molecule has 0 radical (unpaired) electrons. The third-order valence-corrected chi connectivity index (χ3v) is 2.81. The van der Waals surface area contributed by atoms with Crippen LogP contribution in [0.3, 0.4) is 0 Å². The Morgan fingerprint density at radius 2 is 2.12 bits per heavy atom. The molecule has 17 heavy (non-hydrogen) atoms. The summed E-state index contributed by atoms with van der Waals surface area (Å²) in [6.07, 6.45) is 2.58. The average molecular weight is 237 g/mol. The molecule has 1 rings (SSSR count). The second-order valence-corrected chi connectivity index (χ2v) is 4.82. The van der Waals surface area contributed by atoms with Crippen LogP contribution in [0.25, 0.3) is 0 Å². The van der Waals surface area contributed by atoms with Crippen molar-refractivity contribution in [1.29, 1.82) is 0 Å². The first kappa shape index (κ1) is 14.0.